The van der Waals surface area contributed by atoms with Gasteiger partial charge in [-0.1, -0.05) is 0 Å². The first-order valence-electron chi connectivity index (χ1n) is 6.36. The molecule has 2 rings (SSSR count). The maximum Gasteiger partial charge on any atom is 0.254 e. The van der Waals surface area contributed by atoms with Crippen molar-refractivity contribution in [3.05, 3.63) is 35.1 Å². The second-order valence-electron chi connectivity index (χ2n) is 4.69. The fourth-order valence-corrected chi connectivity index (χ4v) is 2.62. The summed E-state index contributed by atoms with van der Waals surface area (Å²) < 4.78 is 13.6. The van der Waals surface area contributed by atoms with Crippen LogP contribution in [0.1, 0.15) is 28.8 Å². The highest BCUT2D eigenvalue weighted by Gasteiger charge is 2.32. The largest absolute Gasteiger partial charge is 0.395 e. The lowest BCUT2D eigenvalue weighted by Crippen LogP contribution is -2.35. The minimum Gasteiger partial charge on any atom is -0.395 e. The first-order chi connectivity index (χ1) is 9.17. The molecule has 1 aliphatic rings. The maximum absolute atomic E-state index is 13.6. The molecule has 3 nitrogen and oxygen atoms in total. The van der Waals surface area contributed by atoms with Crippen molar-refractivity contribution < 1.29 is 14.3 Å². The molecule has 0 unspecified atom stereocenters. The number of carbonyl (C=O) groups is 1. The van der Waals surface area contributed by atoms with Crippen molar-refractivity contribution in [1.82, 2.24) is 4.90 Å². The third-order valence-electron chi connectivity index (χ3n) is 3.18. The number of benzene rings is 1. The van der Waals surface area contributed by atoms with Crippen LogP contribution in [0.2, 0.25) is 0 Å². The van der Waals surface area contributed by atoms with E-state index >= 15 is 0 Å². The van der Waals surface area contributed by atoms with Crippen LogP contribution in [0.5, 0.6) is 0 Å². The van der Waals surface area contributed by atoms with Gasteiger partial charge in [0.15, 0.2) is 0 Å². The van der Waals surface area contributed by atoms with Crippen molar-refractivity contribution in [2.24, 2.45) is 0 Å². The average Bonchev–Trinajstić information content (AvgIpc) is 3.22. The predicted molar refractivity (Wildman–Crippen MR) is 74.8 cm³/mol. The van der Waals surface area contributed by atoms with Gasteiger partial charge in [-0.15, -0.1) is 0 Å². The first-order valence-corrected chi connectivity index (χ1v) is 7.76. The van der Waals surface area contributed by atoms with Gasteiger partial charge in [-0.25, -0.2) is 4.39 Å². The van der Waals surface area contributed by atoms with Gasteiger partial charge in [0.25, 0.3) is 5.91 Å². The standard InChI is InChI=1S/C14H18FNO2S/c1-19-9-11-8-10(2-5-13(11)15)14(18)16(6-7-17)12-3-4-12/h2,5,8,12,17H,3-4,6-7,9H2,1H3. The summed E-state index contributed by atoms with van der Waals surface area (Å²) in [7, 11) is 0. The van der Waals surface area contributed by atoms with E-state index in [0.29, 0.717) is 23.4 Å². The van der Waals surface area contributed by atoms with Crippen LogP contribution < -0.4 is 0 Å². The lowest BCUT2D eigenvalue weighted by Gasteiger charge is -2.21. The Morgan fingerprint density at radius 3 is 2.84 bits per heavy atom. The molecule has 1 aromatic carbocycles. The molecule has 104 valence electrons. The molecule has 0 atom stereocenters. The molecule has 1 N–H and O–H groups in total. The van der Waals surface area contributed by atoms with Crippen LogP contribution in [0.4, 0.5) is 4.39 Å². The van der Waals surface area contributed by atoms with E-state index in [1.54, 1.807) is 11.0 Å². The molecule has 1 fully saturated rings. The molecule has 0 radical (unpaired) electrons. The van der Waals surface area contributed by atoms with E-state index in [1.165, 1.54) is 23.9 Å². The molecule has 1 saturated carbocycles. The van der Waals surface area contributed by atoms with Gasteiger partial charge in [0.1, 0.15) is 5.82 Å². The summed E-state index contributed by atoms with van der Waals surface area (Å²) in [5.41, 5.74) is 1.06. The van der Waals surface area contributed by atoms with E-state index in [1.807, 2.05) is 6.26 Å². The Morgan fingerprint density at radius 2 is 2.26 bits per heavy atom. The van der Waals surface area contributed by atoms with E-state index in [-0.39, 0.29) is 24.4 Å². The van der Waals surface area contributed by atoms with Crippen molar-refractivity contribution in [2.75, 3.05) is 19.4 Å². The highest BCUT2D eigenvalue weighted by Crippen LogP contribution is 2.28. The number of thioether (sulfide) groups is 1. The molecule has 1 aromatic rings. The summed E-state index contributed by atoms with van der Waals surface area (Å²) in [6, 6.07) is 4.74. The van der Waals surface area contributed by atoms with Gasteiger partial charge in [-0.2, -0.15) is 11.8 Å². The fourth-order valence-electron chi connectivity index (χ4n) is 2.08. The average molecular weight is 283 g/mol. The summed E-state index contributed by atoms with van der Waals surface area (Å²) >= 11 is 1.52. The fraction of sp³-hybridized carbons (Fsp3) is 0.500. The number of hydrogen-bond donors (Lipinski definition) is 1. The first kappa shape index (κ1) is 14.3. The van der Waals surface area contributed by atoms with Crippen LogP contribution in [0, 0.1) is 5.82 Å². The zero-order valence-electron chi connectivity index (χ0n) is 10.9. The highest BCUT2D eigenvalue weighted by atomic mass is 32.2. The molecular formula is C14H18FNO2S. The van der Waals surface area contributed by atoms with Crippen molar-refractivity contribution in [2.45, 2.75) is 24.6 Å². The SMILES string of the molecule is CSCc1cc(C(=O)N(CCO)C2CC2)ccc1F. The molecule has 0 saturated heterocycles. The lowest BCUT2D eigenvalue weighted by molar-refractivity contribution is 0.0707. The molecule has 0 heterocycles. The van der Waals surface area contributed by atoms with Crippen LogP contribution in [-0.2, 0) is 5.75 Å². The van der Waals surface area contributed by atoms with Crippen molar-refractivity contribution in [3.8, 4) is 0 Å². The Balaban J connectivity index is 2.19. The molecule has 0 aromatic heterocycles. The Morgan fingerprint density at radius 1 is 1.53 bits per heavy atom. The lowest BCUT2D eigenvalue weighted by atomic mass is 10.1. The molecule has 0 spiro atoms. The smallest absolute Gasteiger partial charge is 0.254 e. The Hall–Kier alpha value is -1.07. The van der Waals surface area contributed by atoms with E-state index in [0.717, 1.165) is 12.8 Å². The predicted octanol–water partition coefficient (Wildman–Crippen LogP) is 2.29. The summed E-state index contributed by atoms with van der Waals surface area (Å²) in [4.78, 5) is 14.1. The summed E-state index contributed by atoms with van der Waals surface area (Å²) in [5, 5.41) is 9.03. The molecule has 0 bridgehead atoms. The zero-order chi connectivity index (χ0) is 13.8. The van der Waals surface area contributed by atoms with Gasteiger partial charge in [0, 0.05) is 23.9 Å². The van der Waals surface area contributed by atoms with Crippen molar-refractivity contribution >= 4 is 17.7 Å². The van der Waals surface area contributed by atoms with Gasteiger partial charge in [-0.05, 0) is 42.9 Å². The quantitative estimate of drug-likeness (QED) is 0.871. The van der Waals surface area contributed by atoms with Crippen LogP contribution in [0.15, 0.2) is 18.2 Å². The summed E-state index contributed by atoms with van der Waals surface area (Å²) in [5.74, 6) is 0.168. The van der Waals surface area contributed by atoms with E-state index in [2.05, 4.69) is 0 Å². The van der Waals surface area contributed by atoms with E-state index in [4.69, 9.17) is 5.11 Å². The number of aliphatic hydroxyl groups is 1. The second kappa shape index (κ2) is 6.39. The third-order valence-corrected chi connectivity index (χ3v) is 3.78. The number of hydrogen-bond acceptors (Lipinski definition) is 3. The van der Waals surface area contributed by atoms with Crippen LogP contribution in [-0.4, -0.2) is 41.4 Å². The van der Waals surface area contributed by atoms with E-state index < -0.39 is 0 Å². The molecule has 19 heavy (non-hydrogen) atoms. The van der Waals surface area contributed by atoms with Crippen LogP contribution in [0.25, 0.3) is 0 Å². The van der Waals surface area contributed by atoms with E-state index in [9.17, 15) is 9.18 Å². The topological polar surface area (TPSA) is 40.5 Å². The summed E-state index contributed by atoms with van der Waals surface area (Å²) in [6.07, 6.45) is 3.88. The van der Waals surface area contributed by atoms with Crippen molar-refractivity contribution in [3.63, 3.8) is 0 Å². The minimum atomic E-state index is -0.272. The van der Waals surface area contributed by atoms with Crippen LogP contribution >= 0.6 is 11.8 Å². The second-order valence-corrected chi connectivity index (χ2v) is 5.56. The Bertz CT molecular complexity index is 463. The minimum absolute atomic E-state index is 0.0406. The molecule has 0 aliphatic heterocycles. The summed E-state index contributed by atoms with van der Waals surface area (Å²) in [6.45, 7) is 0.305. The Kier molecular flexibility index (Phi) is 4.82. The zero-order valence-corrected chi connectivity index (χ0v) is 11.8. The monoisotopic (exact) mass is 283 g/mol. The molecular weight excluding hydrogens is 265 g/mol. The highest BCUT2D eigenvalue weighted by molar-refractivity contribution is 7.97. The van der Waals surface area contributed by atoms with Crippen molar-refractivity contribution in [1.29, 1.82) is 0 Å². The van der Waals surface area contributed by atoms with Gasteiger partial charge in [0.2, 0.25) is 0 Å². The third kappa shape index (κ3) is 3.48. The Labute approximate surface area is 116 Å². The normalized spacial score (nSPS) is 14.5. The number of carbonyl (C=O) groups excluding carboxylic acids is 1. The van der Waals surface area contributed by atoms with Gasteiger partial charge >= 0.3 is 0 Å². The van der Waals surface area contributed by atoms with Gasteiger partial charge in [-0.3, -0.25) is 4.79 Å². The number of halogens is 1. The van der Waals surface area contributed by atoms with Gasteiger partial charge in [0.05, 0.1) is 6.61 Å². The maximum atomic E-state index is 13.6. The molecule has 1 amide bonds. The number of aliphatic hydroxyl groups excluding tert-OH is 1. The number of rotatable bonds is 6. The molecule has 1 aliphatic carbocycles. The van der Waals surface area contributed by atoms with Gasteiger partial charge < -0.3 is 10.0 Å². The van der Waals surface area contributed by atoms with Crippen LogP contribution in [0.3, 0.4) is 0 Å². The molecule has 5 heteroatoms. The number of amides is 1. The number of nitrogens with zero attached hydrogens (tertiary/aromatic N) is 1.